The van der Waals surface area contributed by atoms with E-state index in [4.69, 9.17) is 18.9 Å². The first-order valence-electron chi connectivity index (χ1n) is 9.78. The molecule has 0 bridgehead atoms. The van der Waals surface area contributed by atoms with E-state index in [9.17, 15) is 5.11 Å². The summed E-state index contributed by atoms with van der Waals surface area (Å²) >= 11 is 0. The van der Waals surface area contributed by atoms with Crippen molar-refractivity contribution in [2.45, 2.75) is 6.10 Å². The summed E-state index contributed by atoms with van der Waals surface area (Å²) in [6.07, 6.45) is -0.609. The molecule has 2 aromatic rings. The fraction of sp³-hybridized carbons (Fsp3) is 0.455. The van der Waals surface area contributed by atoms with Crippen molar-refractivity contribution in [2.75, 3.05) is 65.6 Å². The van der Waals surface area contributed by atoms with Crippen LogP contribution < -0.4 is 23.8 Å². The molecule has 0 saturated carbocycles. The van der Waals surface area contributed by atoms with Crippen molar-refractivity contribution in [1.29, 1.82) is 0 Å². The van der Waals surface area contributed by atoms with E-state index in [1.165, 1.54) is 0 Å². The molecule has 1 fully saturated rings. The van der Waals surface area contributed by atoms with Gasteiger partial charge in [0.05, 0.1) is 27.0 Å². The molecule has 1 atom stereocenters. The third-order valence-electron chi connectivity index (χ3n) is 5.07. The molecule has 1 aliphatic heterocycles. The molecule has 0 unspecified atom stereocenters. The Morgan fingerprint density at radius 1 is 0.828 bits per heavy atom. The second-order valence-corrected chi connectivity index (χ2v) is 6.92. The van der Waals surface area contributed by atoms with Crippen LogP contribution in [0.3, 0.4) is 0 Å². The van der Waals surface area contributed by atoms with Crippen molar-refractivity contribution in [2.24, 2.45) is 0 Å². The molecule has 7 heteroatoms. The van der Waals surface area contributed by atoms with Crippen LogP contribution in [0.4, 0.5) is 5.69 Å². The zero-order valence-electron chi connectivity index (χ0n) is 17.3. The summed E-state index contributed by atoms with van der Waals surface area (Å²) in [5.74, 6) is 2.57. The minimum atomic E-state index is -0.609. The molecular formula is C22H30N2O5. The maximum Gasteiger partial charge on any atom is 0.203 e. The second kappa shape index (κ2) is 10.2. The number of anilines is 1. The minimum absolute atomic E-state index is 0.170. The number of aliphatic hydroxyl groups is 1. The predicted octanol–water partition coefficient (Wildman–Crippen LogP) is 2.27. The number of hydrogen-bond donors (Lipinski definition) is 1. The van der Waals surface area contributed by atoms with E-state index in [1.54, 1.807) is 33.5 Å². The standard InChI is InChI=1S/C22H30N2O5/c1-26-19-8-5-4-7-18(19)24-13-11-23(12-14-24)15-17(25)16-29-22-20(27-2)9-6-10-21(22)28-3/h4-10,17,25H,11-16H2,1-3H3/t17-/m0/s1. The molecule has 1 N–H and O–H groups in total. The van der Waals surface area contributed by atoms with Crippen LogP contribution in [0, 0.1) is 0 Å². The number of benzene rings is 2. The molecule has 3 rings (SSSR count). The smallest absolute Gasteiger partial charge is 0.203 e. The molecular weight excluding hydrogens is 372 g/mol. The Balaban J connectivity index is 1.50. The van der Waals surface area contributed by atoms with Crippen molar-refractivity contribution < 1.29 is 24.1 Å². The molecule has 0 amide bonds. The van der Waals surface area contributed by atoms with Gasteiger partial charge in [-0.1, -0.05) is 18.2 Å². The number of nitrogens with zero attached hydrogens (tertiary/aromatic N) is 2. The molecule has 1 aliphatic rings. The number of methoxy groups -OCH3 is 3. The molecule has 158 valence electrons. The average Bonchev–Trinajstić information content (AvgIpc) is 2.77. The largest absolute Gasteiger partial charge is 0.495 e. The van der Waals surface area contributed by atoms with Crippen molar-refractivity contribution in [3.8, 4) is 23.0 Å². The van der Waals surface area contributed by atoms with Crippen LogP contribution >= 0.6 is 0 Å². The van der Waals surface area contributed by atoms with Gasteiger partial charge in [-0.05, 0) is 24.3 Å². The fourth-order valence-corrected chi connectivity index (χ4v) is 3.55. The summed E-state index contributed by atoms with van der Waals surface area (Å²) in [7, 11) is 4.86. The van der Waals surface area contributed by atoms with E-state index in [2.05, 4.69) is 15.9 Å². The SMILES string of the molecule is COc1ccccc1N1CCN(C[C@H](O)COc2c(OC)cccc2OC)CC1. The Morgan fingerprint density at radius 2 is 1.41 bits per heavy atom. The van der Waals surface area contributed by atoms with Gasteiger partial charge in [0.15, 0.2) is 11.5 Å². The van der Waals surface area contributed by atoms with E-state index >= 15 is 0 Å². The average molecular weight is 402 g/mol. The lowest BCUT2D eigenvalue weighted by molar-refractivity contribution is 0.0643. The van der Waals surface area contributed by atoms with Crippen LogP contribution in [0.2, 0.25) is 0 Å². The Labute approximate surface area is 172 Å². The van der Waals surface area contributed by atoms with Gasteiger partial charge < -0.3 is 29.0 Å². The third kappa shape index (κ3) is 5.25. The van der Waals surface area contributed by atoms with Crippen molar-refractivity contribution in [3.05, 3.63) is 42.5 Å². The summed E-state index contributed by atoms with van der Waals surface area (Å²) < 4.78 is 21.9. The summed E-state index contributed by atoms with van der Waals surface area (Å²) in [4.78, 5) is 4.57. The number of β-amino-alcohol motifs (C(OH)–C–C–N with tert-alkyl or cyclic N) is 1. The van der Waals surface area contributed by atoms with Crippen LogP contribution in [0.15, 0.2) is 42.5 Å². The second-order valence-electron chi connectivity index (χ2n) is 6.92. The Hall–Kier alpha value is -2.64. The summed E-state index contributed by atoms with van der Waals surface area (Å²) in [6, 6.07) is 13.5. The molecule has 0 aromatic heterocycles. The Kier molecular flexibility index (Phi) is 7.43. The van der Waals surface area contributed by atoms with Gasteiger partial charge >= 0.3 is 0 Å². The highest BCUT2D eigenvalue weighted by Gasteiger charge is 2.22. The molecule has 0 spiro atoms. The van der Waals surface area contributed by atoms with E-state index in [-0.39, 0.29) is 6.61 Å². The number of piperazine rings is 1. The van der Waals surface area contributed by atoms with Crippen molar-refractivity contribution in [3.63, 3.8) is 0 Å². The minimum Gasteiger partial charge on any atom is -0.495 e. The lowest BCUT2D eigenvalue weighted by Gasteiger charge is -2.37. The number of hydrogen-bond acceptors (Lipinski definition) is 7. The van der Waals surface area contributed by atoms with Gasteiger partial charge in [0, 0.05) is 32.7 Å². The maximum absolute atomic E-state index is 10.5. The van der Waals surface area contributed by atoms with E-state index in [0.717, 1.165) is 37.6 Å². The predicted molar refractivity (Wildman–Crippen MR) is 113 cm³/mol. The number of rotatable bonds is 9. The molecule has 0 aliphatic carbocycles. The Morgan fingerprint density at radius 3 is 2.03 bits per heavy atom. The van der Waals surface area contributed by atoms with Crippen molar-refractivity contribution in [1.82, 2.24) is 4.90 Å². The van der Waals surface area contributed by atoms with Gasteiger partial charge in [0.2, 0.25) is 5.75 Å². The highest BCUT2D eigenvalue weighted by Crippen LogP contribution is 2.36. The van der Waals surface area contributed by atoms with Gasteiger partial charge in [0.25, 0.3) is 0 Å². The van der Waals surface area contributed by atoms with Gasteiger partial charge in [-0.25, -0.2) is 0 Å². The lowest BCUT2D eigenvalue weighted by atomic mass is 10.2. The number of ether oxygens (including phenoxy) is 4. The molecule has 2 aromatic carbocycles. The Bertz CT molecular complexity index is 755. The number of para-hydroxylation sites is 3. The van der Waals surface area contributed by atoms with E-state index < -0.39 is 6.10 Å². The fourth-order valence-electron chi connectivity index (χ4n) is 3.55. The van der Waals surface area contributed by atoms with Crippen LogP contribution in [-0.4, -0.2) is 76.8 Å². The summed E-state index contributed by atoms with van der Waals surface area (Å²) in [5.41, 5.74) is 1.11. The number of aliphatic hydroxyl groups excluding tert-OH is 1. The first-order valence-corrected chi connectivity index (χ1v) is 9.78. The summed E-state index contributed by atoms with van der Waals surface area (Å²) in [5, 5.41) is 10.5. The lowest BCUT2D eigenvalue weighted by Crippen LogP contribution is -2.49. The quantitative estimate of drug-likeness (QED) is 0.690. The van der Waals surface area contributed by atoms with Crippen LogP contribution in [0.25, 0.3) is 0 Å². The maximum atomic E-state index is 10.5. The molecule has 29 heavy (non-hydrogen) atoms. The zero-order valence-corrected chi connectivity index (χ0v) is 17.3. The van der Waals surface area contributed by atoms with Gasteiger partial charge in [-0.2, -0.15) is 0 Å². The summed E-state index contributed by atoms with van der Waals surface area (Å²) in [6.45, 7) is 4.23. The zero-order chi connectivity index (χ0) is 20.6. The van der Waals surface area contributed by atoms with Gasteiger partial charge in [0.1, 0.15) is 18.5 Å². The van der Waals surface area contributed by atoms with Gasteiger partial charge in [-0.3, -0.25) is 4.90 Å². The topological polar surface area (TPSA) is 63.6 Å². The van der Waals surface area contributed by atoms with Crippen LogP contribution in [-0.2, 0) is 0 Å². The first-order chi connectivity index (χ1) is 14.2. The highest BCUT2D eigenvalue weighted by atomic mass is 16.5. The van der Waals surface area contributed by atoms with E-state index in [1.807, 2.05) is 24.3 Å². The monoisotopic (exact) mass is 402 g/mol. The van der Waals surface area contributed by atoms with Gasteiger partial charge in [-0.15, -0.1) is 0 Å². The molecule has 0 radical (unpaired) electrons. The van der Waals surface area contributed by atoms with E-state index in [0.29, 0.717) is 23.8 Å². The normalized spacial score (nSPS) is 15.7. The molecule has 1 saturated heterocycles. The first kappa shape index (κ1) is 21.1. The highest BCUT2D eigenvalue weighted by molar-refractivity contribution is 5.58. The van der Waals surface area contributed by atoms with Crippen LogP contribution in [0.5, 0.6) is 23.0 Å². The third-order valence-corrected chi connectivity index (χ3v) is 5.07. The van der Waals surface area contributed by atoms with Crippen LogP contribution in [0.1, 0.15) is 0 Å². The van der Waals surface area contributed by atoms with Crippen molar-refractivity contribution >= 4 is 5.69 Å². The molecule has 7 nitrogen and oxygen atoms in total. The molecule has 1 heterocycles.